The fourth-order valence-electron chi connectivity index (χ4n) is 3.14. The summed E-state index contributed by atoms with van der Waals surface area (Å²) in [6.45, 7) is 4.67. The fourth-order valence-corrected chi connectivity index (χ4v) is 3.14. The smallest absolute Gasteiger partial charge is 0.216 e. The van der Waals surface area contributed by atoms with Gasteiger partial charge in [0.15, 0.2) is 0 Å². The van der Waals surface area contributed by atoms with E-state index in [1.165, 1.54) is 0 Å². The van der Waals surface area contributed by atoms with Crippen LogP contribution < -0.4 is 4.74 Å². The number of ether oxygens (including phenoxy) is 2. The van der Waals surface area contributed by atoms with Crippen LogP contribution in [0.2, 0.25) is 0 Å². The van der Waals surface area contributed by atoms with Crippen molar-refractivity contribution in [2.75, 3.05) is 13.7 Å². The average Bonchev–Trinajstić information content (AvgIpc) is 3.06. The van der Waals surface area contributed by atoms with Gasteiger partial charge in [-0.15, -0.1) is 0 Å². The van der Waals surface area contributed by atoms with E-state index in [0.29, 0.717) is 18.4 Å². The molecule has 1 N–H and O–H groups in total. The van der Waals surface area contributed by atoms with Crippen molar-refractivity contribution < 1.29 is 14.6 Å². The van der Waals surface area contributed by atoms with Crippen LogP contribution in [0.4, 0.5) is 0 Å². The predicted molar refractivity (Wildman–Crippen MR) is 105 cm³/mol. The summed E-state index contributed by atoms with van der Waals surface area (Å²) in [7, 11) is 1.60. The van der Waals surface area contributed by atoms with Gasteiger partial charge in [0, 0.05) is 17.0 Å². The zero-order chi connectivity index (χ0) is 19.0. The van der Waals surface area contributed by atoms with Crippen LogP contribution in [0.1, 0.15) is 36.6 Å². The summed E-state index contributed by atoms with van der Waals surface area (Å²) in [6, 6.07) is 17.2. The van der Waals surface area contributed by atoms with Crippen LogP contribution in [0.25, 0.3) is 10.9 Å². The van der Waals surface area contributed by atoms with E-state index in [1.54, 1.807) is 7.11 Å². The summed E-state index contributed by atoms with van der Waals surface area (Å²) < 4.78 is 10.8. The molecular formula is C22H22N2O3. The molecule has 3 aromatic rings. The minimum atomic E-state index is -0.714. The summed E-state index contributed by atoms with van der Waals surface area (Å²) >= 11 is 0. The topological polar surface area (TPSA) is 63.9 Å². The molecule has 5 heteroatoms. The van der Waals surface area contributed by atoms with E-state index in [2.05, 4.69) is 9.98 Å². The number of hydrogen-bond donors (Lipinski definition) is 1. The molecule has 4 rings (SSSR count). The van der Waals surface area contributed by atoms with Gasteiger partial charge in [-0.25, -0.2) is 9.98 Å². The first-order valence-corrected chi connectivity index (χ1v) is 8.91. The molecule has 1 unspecified atom stereocenters. The third-order valence-electron chi connectivity index (χ3n) is 4.65. The van der Waals surface area contributed by atoms with E-state index < -0.39 is 6.10 Å². The van der Waals surface area contributed by atoms with Gasteiger partial charge in [0.05, 0.1) is 18.2 Å². The molecule has 1 atom stereocenters. The van der Waals surface area contributed by atoms with Gasteiger partial charge >= 0.3 is 0 Å². The second-order valence-electron chi connectivity index (χ2n) is 7.35. The Morgan fingerprint density at radius 3 is 2.44 bits per heavy atom. The van der Waals surface area contributed by atoms with E-state index in [0.717, 1.165) is 27.6 Å². The van der Waals surface area contributed by atoms with Gasteiger partial charge in [0.1, 0.15) is 12.7 Å². The lowest BCUT2D eigenvalue weighted by Gasteiger charge is -2.13. The number of hydrogen-bond acceptors (Lipinski definition) is 5. The van der Waals surface area contributed by atoms with Crippen LogP contribution in [0.3, 0.4) is 0 Å². The molecule has 2 aromatic carbocycles. The number of aromatic nitrogens is 1. The Labute approximate surface area is 158 Å². The highest BCUT2D eigenvalue weighted by molar-refractivity contribution is 5.95. The van der Waals surface area contributed by atoms with Crippen molar-refractivity contribution in [1.82, 2.24) is 4.98 Å². The summed E-state index contributed by atoms with van der Waals surface area (Å²) in [5.41, 5.74) is 3.20. The predicted octanol–water partition coefficient (Wildman–Crippen LogP) is 3.88. The Hall–Kier alpha value is -2.92. The van der Waals surface area contributed by atoms with E-state index in [9.17, 15) is 5.11 Å². The molecule has 0 fully saturated rings. The van der Waals surface area contributed by atoms with Crippen LogP contribution in [0.5, 0.6) is 5.88 Å². The molecule has 0 saturated heterocycles. The van der Waals surface area contributed by atoms with Crippen LogP contribution in [0.15, 0.2) is 59.6 Å². The second-order valence-corrected chi connectivity index (χ2v) is 7.35. The molecule has 0 radical (unpaired) electrons. The number of pyridine rings is 1. The third-order valence-corrected chi connectivity index (χ3v) is 4.65. The largest absolute Gasteiger partial charge is 0.481 e. The lowest BCUT2D eigenvalue weighted by molar-refractivity contribution is 0.220. The highest BCUT2D eigenvalue weighted by Gasteiger charge is 2.27. The summed E-state index contributed by atoms with van der Waals surface area (Å²) in [5.74, 6) is 1.23. The Balaban J connectivity index is 1.59. The number of rotatable bonds is 4. The summed E-state index contributed by atoms with van der Waals surface area (Å²) in [5, 5.41) is 11.7. The minimum absolute atomic E-state index is 0.185. The summed E-state index contributed by atoms with van der Waals surface area (Å²) in [4.78, 5) is 8.99. The first kappa shape index (κ1) is 17.5. The van der Waals surface area contributed by atoms with Gasteiger partial charge in [-0.2, -0.15) is 0 Å². The molecular weight excluding hydrogens is 340 g/mol. The third kappa shape index (κ3) is 3.51. The zero-order valence-electron chi connectivity index (χ0n) is 15.6. The van der Waals surface area contributed by atoms with Crippen LogP contribution in [-0.2, 0) is 4.74 Å². The molecule has 0 aliphatic carbocycles. The Kier molecular flexibility index (Phi) is 4.32. The van der Waals surface area contributed by atoms with Crippen LogP contribution in [-0.4, -0.2) is 35.2 Å². The maximum atomic E-state index is 10.8. The standard InChI is InChI=1S/C22H22N2O3/c1-22(2)13-27-21(24-22)15-6-4-14(5-7-15)20(25)17-8-10-18-16(12-17)9-11-19(23-18)26-3/h4-12,20,25H,13H2,1-3H3. The molecule has 5 nitrogen and oxygen atoms in total. The minimum Gasteiger partial charge on any atom is -0.481 e. The molecule has 138 valence electrons. The highest BCUT2D eigenvalue weighted by Crippen LogP contribution is 2.27. The van der Waals surface area contributed by atoms with E-state index in [-0.39, 0.29) is 5.54 Å². The normalized spacial score (nSPS) is 16.7. The molecule has 0 bridgehead atoms. The first-order chi connectivity index (χ1) is 12.9. The lowest BCUT2D eigenvalue weighted by atomic mass is 9.99. The van der Waals surface area contributed by atoms with E-state index in [1.807, 2.05) is 68.4 Å². The van der Waals surface area contributed by atoms with Crippen molar-refractivity contribution in [2.24, 2.45) is 4.99 Å². The van der Waals surface area contributed by atoms with Crippen molar-refractivity contribution in [1.29, 1.82) is 0 Å². The first-order valence-electron chi connectivity index (χ1n) is 8.91. The highest BCUT2D eigenvalue weighted by atomic mass is 16.5. The van der Waals surface area contributed by atoms with Gasteiger partial charge in [-0.3, -0.25) is 0 Å². The molecule has 1 aliphatic heterocycles. The van der Waals surface area contributed by atoms with E-state index in [4.69, 9.17) is 9.47 Å². The van der Waals surface area contributed by atoms with Crippen molar-refractivity contribution in [2.45, 2.75) is 25.5 Å². The molecule has 0 saturated carbocycles. The zero-order valence-corrected chi connectivity index (χ0v) is 15.6. The molecule has 0 amide bonds. The second kappa shape index (κ2) is 6.67. The van der Waals surface area contributed by atoms with Crippen LogP contribution in [0, 0.1) is 0 Å². The Morgan fingerprint density at radius 2 is 1.78 bits per heavy atom. The molecule has 27 heavy (non-hydrogen) atoms. The van der Waals surface area contributed by atoms with Gasteiger partial charge < -0.3 is 14.6 Å². The Morgan fingerprint density at radius 1 is 1.04 bits per heavy atom. The number of fused-ring (bicyclic) bond motifs is 1. The Bertz CT molecular complexity index is 1010. The molecule has 1 aromatic heterocycles. The molecule has 0 spiro atoms. The number of benzene rings is 2. The number of methoxy groups -OCH3 is 1. The van der Waals surface area contributed by atoms with Crippen molar-refractivity contribution in [3.05, 3.63) is 71.3 Å². The monoisotopic (exact) mass is 362 g/mol. The van der Waals surface area contributed by atoms with Gasteiger partial charge in [-0.05, 0) is 55.3 Å². The maximum absolute atomic E-state index is 10.8. The molecule has 1 aliphatic rings. The van der Waals surface area contributed by atoms with E-state index >= 15 is 0 Å². The SMILES string of the molecule is COc1ccc2cc(C(O)c3ccc(C4=NC(C)(C)CO4)cc3)ccc2n1. The number of aliphatic imine (C=N–C) groups is 1. The fraction of sp³-hybridized carbons (Fsp3) is 0.273. The van der Waals surface area contributed by atoms with Gasteiger partial charge in [-0.1, -0.05) is 18.2 Å². The number of aliphatic hydroxyl groups excluding tert-OH is 1. The lowest BCUT2D eigenvalue weighted by Crippen LogP contribution is -2.17. The van der Waals surface area contributed by atoms with Gasteiger partial charge in [0.25, 0.3) is 0 Å². The number of aliphatic hydroxyl groups is 1. The van der Waals surface area contributed by atoms with Crippen molar-refractivity contribution in [3.8, 4) is 5.88 Å². The van der Waals surface area contributed by atoms with Crippen molar-refractivity contribution in [3.63, 3.8) is 0 Å². The van der Waals surface area contributed by atoms with Gasteiger partial charge in [0.2, 0.25) is 11.8 Å². The number of nitrogens with zero attached hydrogens (tertiary/aromatic N) is 2. The van der Waals surface area contributed by atoms with Crippen molar-refractivity contribution >= 4 is 16.8 Å². The summed E-state index contributed by atoms with van der Waals surface area (Å²) in [6.07, 6.45) is -0.714. The quantitative estimate of drug-likeness (QED) is 0.765. The average molecular weight is 362 g/mol. The maximum Gasteiger partial charge on any atom is 0.216 e. The van der Waals surface area contributed by atoms with Crippen LogP contribution >= 0.6 is 0 Å². The molecule has 2 heterocycles.